The van der Waals surface area contributed by atoms with Crippen LogP contribution in [0.1, 0.15) is 23.3 Å². The average molecular weight is 333 g/mol. The first kappa shape index (κ1) is 15.1. The van der Waals surface area contributed by atoms with Crippen LogP contribution in [-0.4, -0.2) is 54.4 Å². The van der Waals surface area contributed by atoms with Gasteiger partial charge in [-0.3, -0.25) is 0 Å². The molecule has 0 saturated carbocycles. The molecule has 4 rings (SSSR count). The summed E-state index contributed by atoms with van der Waals surface area (Å²) in [7, 11) is 0. The number of aliphatic hydroxyl groups is 1. The number of aromatic nitrogens is 2. The topological polar surface area (TPSA) is 73.3 Å². The standard InChI is InChI=1S/C16H23N5OS/c22-10-7-18-14-13-11-3-1-2-4-12(11)23-15(13)20-16(19-14)21-8-5-17-6-9-21/h17,22H,1-10H2,(H,18,19,20). The molecule has 6 nitrogen and oxygen atoms in total. The minimum Gasteiger partial charge on any atom is -0.395 e. The highest BCUT2D eigenvalue weighted by atomic mass is 32.1. The lowest BCUT2D eigenvalue weighted by atomic mass is 9.97. The van der Waals surface area contributed by atoms with E-state index in [0.29, 0.717) is 6.54 Å². The van der Waals surface area contributed by atoms with Crippen LogP contribution in [0.2, 0.25) is 0 Å². The van der Waals surface area contributed by atoms with E-state index < -0.39 is 0 Å². The molecule has 0 aromatic carbocycles. The maximum atomic E-state index is 9.18. The average Bonchev–Trinajstić information content (AvgIpc) is 2.99. The van der Waals surface area contributed by atoms with Gasteiger partial charge in [-0.1, -0.05) is 0 Å². The SMILES string of the molecule is OCCNc1nc(N2CCNCC2)nc2sc3c(c12)CCCC3. The van der Waals surface area contributed by atoms with Crippen LogP contribution in [-0.2, 0) is 12.8 Å². The van der Waals surface area contributed by atoms with Crippen molar-refractivity contribution in [3.8, 4) is 0 Å². The molecule has 0 bridgehead atoms. The number of thiophene rings is 1. The summed E-state index contributed by atoms with van der Waals surface area (Å²) in [5.74, 6) is 1.72. The van der Waals surface area contributed by atoms with Gasteiger partial charge in [-0.25, -0.2) is 4.98 Å². The Morgan fingerprint density at radius 1 is 1.17 bits per heavy atom. The predicted molar refractivity (Wildman–Crippen MR) is 94.7 cm³/mol. The van der Waals surface area contributed by atoms with Crippen LogP contribution >= 0.6 is 11.3 Å². The highest BCUT2D eigenvalue weighted by Gasteiger charge is 2.23. The van der Waals surface area contributed by atoms with Gasteiger partial charge in [0, 0.05) is 37.6 Å². The molecule has 1 aliphatic carbocycles. The minimum atomic E-state index is 0.112. The van der Waals surface area contributed by atoms with Gasteiger partial charge >= 0.3 is 0 Å². The van der Waals surface area contributed by atoms with Gasteiger partial charge in [0.2, 0.25) is 5.95 Å². The first-order chi connectivity index (χ1) is 11.4. The van der Waals surface area contributed by atoms with E-state index >= 15 is 0 Å². The molecule has 3 N–H and O–H groups in total. The van der Waals surface area contributed by atoms with Crippen LogP contribution < -0.4 is 15.5 Å². The minimum absolute atomic E-state index is 0.112. The third-order valence-electron chi connectivity index (χ3n) is 4.61. The van der Waals surface area contributed by atoms with Crippen molar-refractivity contribution in [1.82, 2.24) is 15.3 Å². The second-order valence-electron chi connectivity index (χ2n) is 6.15. The van der Waals surface area contributed by atoms with Crippen molar-refractivity contribution in [2.75, 3.05) is 49.5 Å². The van der Waals surface area contributed by atoms with Crippen LogP contribution in [0.15, 0.2) is 0 Å². The van der Waals surface area contributed by atoms with Crippen LogP contribution in [0.5, 0.6) is 0 Å². The van der Waals surface area contributed by atoms with Crippen LogP contribution in [0.3, 0.4) is 0 Å². The number of piperazine rings is 1. The fourth-order valence-electron chi connectivity index (χ4n) is 3.45. The quantitative estimate of drug-likeness (QED) is 0.785. The first-order valence-electron chi connectivity index (χ1n) is 8.49. The zero-order valence-electron chi connectivity index (χ0n) is 13.3. The number of aliphatic hydroxyl groups excluding tert-OH is 1. The van der Waals surface area contributed by atoms with Crippen LogP contribution in [0.4, 0.5) is 11.8 Å². The molecule has 124 valence electrons. The first-order valence-corrected chi connectivity index (χ1v) is 9.31. The molecular formula is C16H23N5OS. The van der Waals surface area contributed by atoms with Gasteiger partial charge in [-0.2, -0.15) is 4.98 Å². The van der Waals surface area contributed by atoms with E-state index in [2.05, 4.69) is 15.5 Å². The molecule has 7 heteroatoms. The number of hydrogen-bond donors (Lipinski definition) is 3. The Labute approximate surface area is 139 Å². The Morgan fingerprint density at radius 2 is 2.00 bits per heavy atom. The summed E-state index contributed by atoms with van der Waals surface area (Å²) in [6, 6.07) is 0. The Balaban J connectivity index is 1.80. The van der Waals surface area contributed by atoms with Gasteiger partial charge in [0.05, 0.1) is 12.0 Å². The highest BCUT2D eigenvalue weighted by Crippen LogP contribution is 2.39. The highest BCUT2D eigenvalue weighted by molar-refractivity contribution is 7.19. The Kier molecular flexibility index (Phi) is 4.33. The smallest absolute Gasteiger partial charge is 0.228 e. The number of anilines is 2. The van der Waals surface area contributed by atoms with Crippen molar-refractivity contribution in [3.05, 3.63) is 10.4 Å². The zero-order chi connectivity index (χ0) is 15.6. The number of fused-ring (bicyclic) bond motifs is 3. The van der Waals surface area contributed by atoms with Gasteiger partial charge in [-0.15, -0.1) is 11.3 Å². The summed E-state index contributed by atoms with van der Waals surface area (Å²) in [6.45, 7) is 4.47. The van der Waals surface area contributed by atoms with Gasteiger partial charge in [0.1, 0.15) is 10.6 Å². The molecular weight excluding hydrogens is 310 g/mol. The van der Waals surface area contributed by atoms with Crippen LogP contribution in [0, 0.1) is 0 Å². The summed E-state index contributed by atoms with van der Waals surface area (Å²) >= 11 is 1.83. The second kappa shape index (κ2) is 6.59. The lowest BCUT2D eigenvalue weighted by molar-refractivity contribution is 0.311. The van der Waals surface area contributed by atoms with E-state index in [9.17, 15) is 5.11 Å². The molecule has 0 unspecified atom stereocenters. The van der Waals surface area contributed by atoms with E-state index in [-0.39, 0.29) is 6.61 Å². The second-order valence-corrected chi connectivity index (χ2v) is 7.23. The van der Waals surface area contributed by atoms with Crippen molar-refractivity contribution in [1.29, 1.82) is 0 Å². The van der Waals surface area contributed by atoms with E-state index in [1.54, 1.807) is 0 Å². The third-order valence-corrected chi connectivity index (χ3v) is 5.79. The molecule has 0 atom stereocenters. The van der Waals surface area contributed by atoms with E-state index in [0.717, 1.165) is 49.2 Å². The summed E-state index contributed by atoms with van der Waals surface area (Å²) in [6.07, 6.45) is 4.81. The van der Waals surface area contributed by atoms with Crippen molar-refractivity contribution in [2.45, 2.75) is 25.7 Å². The van der Waals surface area contributed by atoms with Crippen molar-refractivity contribution in [2.24, 2.45) is 0 Å². The molecule has 0 amide bonds. The van der Waals surface area contributed by atoms with Crippen molar-refractivity contribution in [3.63, 3.8) is 0 Å². The lowest BCUT2D eigenvalue weighted by Crippen LogP contribution is -2.44. The molecule has 3 heterocycles. The third kappa shape index (κ3) is 2.88. The van der Waals surface area contributed by atoms with Gasteiger partial charge < -0.3 is 20.6 Å². The fourth-order valence-corrected chi connectivity index (χ4v) is 4.71. The summed E-state index contributed by atoms with van der Waals surface area (Å²) in [5.41, 5.74) is 1.43. The van der Waals surface area contributed by atoms with Gasteiger partial charge in [0.25, 0.3) is 0 Å². The summed E-state index contributed by atoms with van der Waals surface area (Å²) < 4.78 is 0. The largest absolute Gasteiger partial charge is 0.395 e. The molecule has 1 saturated heterocycles. The summed E-state index contributed by atoms with van der Waals surface area (Å²) in [5, 5.41) is 17.1. The molecule has 1 fully saturated rings. The van der Waals surface area contributed by atoms with Crippen molar-refractivity contribution < 1.29 is 5.11 Å². The molecule has 2 aliphatic rings. The number of rotatable bonds is 4. The molecule has 2 aromatic rings. The monoisotopic (exact) mass is 333 g/mol. The lowest BCUT2D eigenvalue weighted by Gasteiger charge is -2.27. The zero-order valence-corrected chi connectivity index (χ0v) is 14.1. The Morgan fingerprint density at radius 3 is 2.83 bits per heavy atom. The number of hydrogen-bond acceptors (Lipinski definition) is 7. The van der Waals surface area contributed by atoms with E-state index in [1.807, 2.05) is 11.3 Å². The maximum absolute atomic E-state index is 9.18. The number of aryl methyl sites for hydroxylation is 2. The molecule has 0 radical (unpaired) electrons. The number of nitrogens with one attached hydrogen (secondary N) is 2. The predicted octanol–water partition coefficient (Wildman–Crippen LogP) is 1.38. The van der Waals surface area contributed by atoms with Gasteiger partial charge in [-0.05, 0) is 31.2 Å². The fraction of sp³-hybridized carbons (Fsp3) is 0.625. The maximum Gasteiger partial charge on any atom is 0.228 e. The number of nitrogens with zero attached hydrogens (tertiary/aromatic N) is 3. The van der Waals surface area contributed by atoms with Crippen molar-refractivity contribution >= 4 is 33.3 Å². The molecule has 23 heavy (non-hydrogen) atoms. The summed E-state index contributed by atoms with van der Waals surface area (Å²) in [4.78, 5) is 14.5. The van der Waals surface area contributed by atoms with Crippen LogP contribution in [0.25, 0.3) is 10.2 Å². The molecule has 1 aliphatic heterocycles. The molecule has 0 spiro atoms. The molecule has 2 aromatic heterocycles. The van der Waals surface area contributed by atoms with E-state index in [1.165, 1.54) is 35.1 Å². The van der Waals surface area contributed by atoms with Gasteiger partial charge in [0.15, 0.2) is 0 Å². The van der Waals surface area contributed by atoms with E-state index in [4.69, 9.17) is 9.97 Å². The Bertz CT molecular complexity index is 695. The Hall–Kier alpha value is -1.44. The normalized spacial score (nSPS) is 18.2.